The third kappa shape index (κ3) is 3.64. The molecule has 0 spiro atoms. The number of nitrogens with zero attached hydrogens (tertiary/aromatic N) is 2. The van der Waals surface area contributed by atoms with Crippen molar-refractivity contribution < 1.29 is 9.72 Å². The van der Waals surface area contributed by atoms with Crippen LogP contribution in [-0.2, 0) is 4.79 Å². The van der Waals surface area contributed by atoms with Crippen molar-refractivity contribution in [2.24, 2.45) is 5.41 Å². The Hall–Kier alpha value is -2.18. The summed E-state index contributed by atoms with van der Waals surface area (Å²) in [4.78, 5) is 25.7. The Bertz CT molecular complexity index is 500. The fourth-order valence-corrected chi connectivity index (χ4v) is 1.57. The lowest BCUT2D eigenvalue weighted by Gasteiger charge is -2.23. The van der Waals surface area contributed by atoms with Crippen molar-refractivity contribution in [3.63, 3.8) is 0 Å². The average Bonchev–Trinajstić information content (AvgIpc) is 2.36. The van der Waals surface area contributed by atoms with Gasteiger partial charge in [0.05, 0.1) is 10.3 Å². The number of hydrogen-bond donors (Lipinski definition) is 2. The highest BCUT2D eigenvalue weighted by Crippen LogP contribution is 2.21. The molecule has 0 bridgehead atoms. The quantitative estimate of drug-likeness (QED) is 0.621. The molecule has 1 rings (SSSR count). The molecular weight excluding hydrogens is 248 g/mol. The van der Waals surface area contributed by atoms with Crippen LogP contribution >= 0.6 is 0 Å². The van der Waals surface area contributed by atoms with E-state index in [2.05, 4.69) is 15.6 Å². The van der Waals surface area contributed by atoms with Crippen molar-refractivity contribution in [3.05, 3.63) is 27.9 Å². The van der Waals surface area contributed by atoms with Gasteiger partial charge in [-0.1, -0.05) is 0 Å². The molecule has 1 aromatic rings. The van der Waals surface area contributed by atoms with Gasteiger partial charge in [-0.25, -0.2) is 4.98 Å². The van der Waals surface area contributed by atoms with Crippen LogP contribution in [0.1, 0.15) is 19.4 Å². The van der Waals surface area contributed by atoms with E-state index in [1.165, 1.54) is 12.3 Å². The molecule has 0 saturated carbocycles. The highest BCUT2D eigenvalue weighted by atomic mass is 16.6. The van der Waals surface area contributed by atoms with E-state index < -0.39 is 10.3 Å². The Morgan fingerprint density at radius 1 is 1.53 bits per heavy atom. The minimum atomic E-state index is -0.593. The summed E-state index contributed by atoms with van der Waals surface area (Å²) < 4.78 is 0. The molecule has 0 aromatic carbocycles. The number of nitrogens with one attached hydrogen (secondary N) is 2. The smallest absolute Gasteiger partial charge is 0.287 e. The summed E-state index contributed by atoms with van der Waals surface area (Å²) in [5.74, 6) is 0.460. The van der Waals surface area contributed by atoms with Gasteiger partial charge in [-0.15, -0.1) is 0 Å². The second kappa shape index (κ2) is 5.64. The molecule has 0 aliphatic carbocycles. The maximum Gasteiger partial charge on any atom is 0.287 e. The molecule has 1 heterocycles. The Morgan fingerprint density at radius 2 is 2.16 bits per heavy atom. The number of aromatic nitrogens is 1. The van der Waals surface area contributed by atoms with Crippen molar-refractivity contribution in [2.45, 2.75) is 20.8 Å². The van der Waals surface area contributed by atoms with Crippen molar-refractivity contribution in [3.8, 4) is 0 Å². The summed E-state index contributed by atoms with van der Waals surface area (Å²) in [5, 5.41) is 16.2. The van der Waals surface area contributed by atoms with Gasteiger partial charge in [0, 0.05) is 19.7 Å². The predicted molar refractivity (Wildman–Crippen MR) is 72.0 cm³/mol. The van der Waals surface area contributed by atoms with Crippen molar-refractivity contribution in [2.75, 3.05) is 18.9 Å². The summed E-state index contributed by atoms with van der Waals surface area (Å²) in [6.45, 7) is 5.73. The first kappa shape index (κ1) is 14.9. The molecule has 0 aliphatic heterocycles. The van der Waals surface area contributed by atoms with E-state index in [1.54, 1.807) is 27.8 Å². The monoisotopic (exact) mass is 266 g/mol. The van der Waals surface area contributed by atoms with Gasteiger partial charge in [0.25, 0.3) is 5.69 Å². The number of nitro groups is 1. The number of anilines is 1. The van der Waals surface area contributed by atoms with Crippen LogP contribution in [0.15, 0.2) is 12.3 Å². The molecule has 19 heavy (non-hydrogen) atoms. The summed E-state index contributed by atoms with van der Waals surface area (Å²) in [5.41, 5.74) is 0.0282. The summed E-state index contributed by atoms with van der Waals surface area (Å²) in [6.07, 6.45) is 1.20. The molecule has 0 unspecified atom stereocenters. The molecule has 7 heteroatoms. The highest BCUT2D eigenvalue weighted by molar-refractivity contribution is 5.82. The summed E-state index contributed by atoms with van der Waals surface area (Å²) in [6, 6.07) is 1.45. The van der Waals surface area contributed by atoms with Crippen molar-refractivity contribution in [1.82, 2.24) is 10.3 Å². The van der Waals surface area contributed by atoms with Crippen LogP contribution in [0.5, 0.6) is 0 Å². The van der Waals surface area contributed by atoms with Crippen LogP contribution in [0.3, 0.4) is 0 Å². The van der Waals surface area contributed by atoms with E-state index in [1.807, 2.05) is 0 Å². The van der Waals surface area contributed by atoms with Crippen LogP contribution in [-0.4, -0.2) is 29.4 Å². The largest absolute Gasteiger partial charge is 0.369 e. The topological polar surface area (TPSA) is 97.2 Å². The zero-order chi connectivity index (χ0) is 14.6. The molecule has 0 saturated heterocycles. The van der Waals surface area contributed by atoms with Gasteiger partial charge < -0.3 is 10.6 Å². The molecule has 0 atom stereocenters. The van der Waals surface area contributed by atoms with Gasteiger partial charge in [-0.2, -0.15) is 0 Å². The van der Waals surface area contributed by atoms with Gasteiger partial charge in [-0.3, -0.25) is 14.9 Å². The number of carbonyl (C=O) groups excluding carboxylic acids is 1. The van der Waals surface area contributed by atoms with E-state index >= 15 is 0 Å². The second-order valence-corrected chi connectivity index (χ2v) is 4.93. The molecule has 2 N–H and O–H groups in total. The molecule has 104 valence electrons. The fourth-order valence-electron chi connectivity index (χ4n) is 1.57. The van der Waals surface area contributed by atoms with E-state index in [-0.39, 0.29) is 11.6 Å². The van der Waals surface area contributed by atoms with E-state index in [0.717, 1.165) is 0 Å². The maximum absolute atomic E-state index is 11.6. The van der Waals surface area contributed by atoms with Crippen molar-refractivity contribution in [1.29, 1.82) is 0 Å². The highest BCUT2D eigenvalue weighted by Gasteiger charge is 2.26. The van der Waals surface area contributed by atoms with Crippen LogP contribution in [0, 0.1) is 22.5 Å². The Balaban J connectivity index is 2.79. The standard InChI is InChI=1S/C12H18N4O3/c1-8-5-9(16(18)19)6-14-10(8)15-7-12(2,3)11(17)13-4/h5-6H,7H2,1-4H3,(H,13,17)(H,14,15). The zero-order valence-corrected chi connectivity index (χ0v) is 11.5. The van der Waals surface area contributed by atoms with Gasteiger partial charge in [0.2, 0.25) is 5.91 Å². The lowest BCUT2D eigenvalue weighted by atomic mass is 9.92. The number of amides is 1. The molecule has 7 nitrogen and oxygen atoms in total. The first-order valence-electron chi connectivity index (χ1n) is 5.85. The van der Waals surface area contributed by atoms with Crippen molar-refractivity contribution >= 4 is 17.4 Å². The Kier molecular flexibility index (Phi) is 4.42. The minimum Gasteiger partial charge on any atom is -0.369 e. The molecular formula is C12H18N4O3. The number of hydrogen-bond acceptors (Lipinski definition) is 5. The lowest BCUT2D eigenvalue weighted by molar-refractivity contribution is -0.385. The lowest BCUT2D eigenvalue weighted by Crippen LogP contribution is -2.39. The fraction of sp³-hybridized carbons (Fsp3) is 0.500. The maximum atomic E-state index is 11.6. The predicted octanol–water partition coefficient (Wildman–Crippen LogP) is 1.48. The molecule has 0 radical (unpaired) electrons. The molecule has 1 aromatic heterocycles. The number of rotatable bonds is 5. The van der Waals surface area contributed by atoms with Gasteiger partial charge in [-0.05, 0) is 26.3 Å². The van der Waals surface area contributed by atoms with Gasteiger partial charge in [0.1, 0.15) is 12.0 Å². The van der Waals surface area contributed by atoms with E-state index in [4.69, 9.17) is 0 Å². The number of pyridine rings is 1. The van der Waals surface area contributed by atoms with Crippen LogP contribution in [0.25, 0.3) is 0 Å². The number of aryl methyl sites for hydroxylation is 1. The third-order valence-corrected chi connectivity index (χ3v) is 2.81. The molecule has 0 fully saturated rings. The van der Waals surface area contributed by atoms with Crippen LogP contribution in [0.4, 0.5) is 11.5 Å². The second-order valence-electron chi connectivity index (χ2n) is 4.93. The first-order chi connectivity index (χ1) is 8.77. The first-order valence-corrected chi connectivity index (χ1v) is 5.85. The average molecular weight is 266 g/mol. The van der Waals surface area contributed by atoms with Crippen LogP contribution in [0.2, 0.25) is 0 Å². The SMILES string of the molecule is CNC(=O)C(C)(C)CNc1ncc([N+](=O)[O-])cc1C. The van der Waals surface area contributed by atoms with E-state index in [9.17, 15) is 14.9 Å². The molecule has 0 aliphatic rings. The zero-order valence-electron chi connectivity index (χ0n) is 11.5. The normalized spacial score (nSPS) is 10.9. The van der Waals surface area contributed by atoms with Gasteiger partial charge >= 0.3 is 0 Å². The number of carbonyl (C=O) groups is 1. The minimum absolute atomic E-state index is 0.0476. The molecule has 1 amide bonds. The summed E-state index contributed by atoms with van der Waals surface area (Å²) in [7, 11) is 1.58. The van der Waals surface area contributed by atoms with E-state index in [0.29, 0.717) is 17.9 Å². The van der Waals surface area contributed by atoms with Crippen LogP contribution < -0.4 is 10.6 Å². The van der Waals surface area contributed by atoms with Gasteiger partial charge in [0.15, 0.2) is 0 Å². The third-order valence-electron chi connectivity index (χ3n) is 2.81. The Morgan fingerprint density at radius 3 is 2.63 bits per heavy atom. The Labute approximate surface area is 111 Å². The summed E-state index contributed by atoms with van der Waals surface area (Å²) >= 11 is 0.